The minimum atomic E-state index is 0. The molecule has 2 aliphatic rings. The zero-order valence-corrected chi connectivity index (χ0v) is 17.6. The second kappa shape index (κ2) is 8.84. The topological polar surface area (TPSA) is 39.7 Å². The van der Waals surface area contributed by atoms with E-state index in [4.69, 9.17) is 4.99 Å². The summed E-state index contributed by atoms with van der Waals surface area (Å²) in [6.45, 7) is 6.15. The molecule has 0 bridgehead atoms. The molecule has 1 aliphatic heterocycles. The zero-order chi connectivity index (χ0) is 14.7. The summed E-state index contributed by atoms with van der Waals surface area (Å²) in [6, 6.07) is 3.55. The van der Waals surface area contributed by atoms with Crippen molar-refractivity contribution in [3.05, 3.63) is 20.8 Å². The molecular formula is C15H24BrIN4S. The number of nitrogens with one attached hydrogen (secondary N) is 2. The molecule has 2 N–H and O–H groups in total. The number of hydrogen-bond acceptors (Lipinski definition) is 3. The molecule has 22 heavy (non-hydrogen) atoms. The molecule has 0 spiro atoms. The van der Waals surface area contributed by atoms with E-state index in [9.17, 15) is 0 Å². The Hall–Kier alpha value is 0.140. The summed E-state index contributed by atoms with van der Waals surface area (Å²) in [5.41, 5.74) is 1.26. The van der Waals surface area contributed by atoms with E-state index in [-0.39, 0.29) is 24.0 Å². The van der Waals surface area contributed by atoms with Crippen LogP contribution in [-0.4, -0.2) is 42.6 Å². The van der Waals surface area contributed by atoms with Crippen LogP contribution >= 0.6 is 51.2 Å². The Balaban J connectivity index is 0.00000176. The Kier molecular flexibility index (Phi) is 7.43. The number of aliphatic imine (C=N–C) groups is 1. The van der Waals surface area contributed by atoms with Gasteiger partial charge in [0.15, 0.2) is 5.96 Å². The Morgan fingerprint density at radius 2 is 2.27 bits per heavy atom. The molecule has 1 saturated carbocycles. The van der Waals surface area contributed by atoms with Gasteiger partial charge < -0.3 is 10.6 Å². The summed E-state index contributed by atoms with van der Waals surface area (Å²) in [5.74, 6) is 0.947. The van der Waals surface area contributed by atoms with Gasteiger partial charge in [-0.2, -0.15) is 0 Å². The van der Waals surface area contributed by atoms with Gasteiger partial charge >= 0.3 is 0 Å². The second-order valence-electron chi connectivity index (χ2n) is 5.81. The summed E-state index contributed by atoms with van der Waals surface area (Å²) in [4.78, 5) is 7.33. The third-order valence-electron chi connectivity index (χ3n) is 4.01. The van der Waals surface area contributed by atoms with E-state index in [1.54, 1.807) is 11.3 Å². The first kappa shape index (κ1) is 18.5. The van der Waals surface area contributed by atoms with Crippen molar-refractivity contribution in [3.8, 4) is 0 Å². The van der Waals surface area contributed by atoms with Crippen molar-refractivity contribution in [2.75, 3.05) is 19.6 Å². The van der Waals surface area contributed by atoms with Crippen LogP contribution in [0.2, 0.25) is 0 Å². The average Bonchev–Trinajstić information content (AvgIpc) is 3.08. The van der Waals surface area contributed by atoms with Crippen molar-refractivity contribution in [3.63, 3.8) is 0 Å². The van der Waals surface area contributed by atoms with E-state index < -0.39 is 0 Å². The molecule has 3 rings (SSSR count). The van der Waals surface area contributed by atoms with Crippen LogP contribution in [0, 0.1) is 0 Å². The Bertz CT molecular complexity index is 503. The fraction of sp³-hybridized carbons (Fsp3) is 0.667. The molecule has 1 atom stereocenters. The Morgan fingerprint density at radius 3 is 2.91 bits per heavy atom. The highest BCUT2D eigenvalue weighted by Gasteiger charge is 2.34. The predicted octanol–water partition coefficient (Wildman–Crippen LogP) is 3.42. The third kappa shape index (κ3) is 5.35. The smallest absolute Gasteiger partial charge is 0.191 e. The average molecular weight is 499 g/mol. The maximum absolute atomic E-state index is 4.71. The maximum atomic E-state index is 4.71. The van der Waals surface area contributed by atoms with Gasteiger partial charge in [0.2, 0.25) is 0 Å². The van der Waals surface area contributed by atoms with E-state index in [0.717, 1.165) is 25.1 Å². The number of likely N-dealkylation sites (tertiary alicyclic amines) is 1. The highest BCUT2D eigenvalue weighted by molar-refractivity contribution is 14.0. The summed E-state index contributed by atoms with van der Waals surface area (Å²) < 4.78 is 1.17. The van der Waals surface area contributed by atoms with Crippen molar-refractivity contribution in [1.82, 2.24) is 15.5 Å². The normalized spacial score (nSPS) is 22.5. The number of nitrogens with zero attached hydrogens (tertiary/aromatic N) is 2. The lowest BCUT2D eigenvalue weighted by Gasteiger charge is -2.18. The molecule has 2 fully saturated rings. The molecule has 1 aromatic rings. The molecule has 0 amide bonds. The highest BCUT2D eigenvalue weighted by Crippen LogP contribution is 2.29. The molecule has 1 aromatic heterocycles. The molecule has 7 heteroatoms. The lowest BCUT2D eigenvalue weighted by atomic mass is 10.3. The molecule has 0 aromatic carbocycles. The number of guanidine groups is 1. The lowest BCUT2D eigenvalue weighted by molar-refractivity contribution is 0.321. The van der Waals surface area contributed by atoms with E-state index in [0.29, 0.717) is 6.04 Å². The lowest BCUT2D eigenvalue weighted by Crippen LogP contribution is -2.44. The summed E-state index contributed by atoms with van der Waals surface area (Å²) in [7, 11) is 0. The highest BCUT2D eigenvalue weighted by atomic mass is 127. The number of rotatable bonds is 5. The quantitative estimate of drug-likeness (QED) is 0.371. The van der Waals surface area contributed by atoms with Gasteiger partial charge in [-0.15, -0.1) is 35.3 Å². The monoisotopic (exact) mass is 498 g/mol. The first-order valence-corrected chi connectivity index (χ1v) is 9.43. The molecule has 2 heterocycles. The van der Waals surface area contributed by atoms with Gasteiger partial charge in [0.05, 0.1) is 10.3 Å². The molecule has 1 saturated heterocycles. The Labute approximate surface area is 162 Å². The van der Waals surface area contributed by atoms with Crippen LogP contribution in [0.4, 0.5) is 0 Å². The van der Waals surface area contributed by atoms with Crippen molar-refractivity contribution < 1.29 is 0 Å². The third-order valence-corrected chi connectivity index (χ3v) is 5.56. The van der Waals surface area contributed by atoms with Crippen molar-refractivity contribution in [2.24, 2.45) is 4.99 Å². The second-order valence-corrected chi connectivity index (χ2v) is 8.10. The van der Waals surface area contributed by atoms with Crippen LogP contribution in [-0.2, 0) is 6.54 Å². The molecule has 1 aliphatic carbocycles. The van der Waals surface area contributed by atoms with Gasteiger partial charge in [0.25, 0.3) is 0 Å². The van der Waals surface area contributed by atoms with E-state index in [1.165, 1.54) is 41.7 Å². The SMILES string of the molecule is CCNC(=NCc1csc(Br)c1)NC1CCN(C2CC2)C1.I. The first-order valence-electron chi connectivity index (χ1n) is 7.76. The van der Waals surface area contributed by atoms with Crippen molar-refractivity contribution >= 4 is 57.2 Å². The zero-order valence-electron chi connectivity index (χ0n) is 12.8. The van der Waals surface area contributed by atoms with Crippen LogP contribution in [0.3, 0.4) is 0 Å². The summed E-state index contributed by atoms with van der Waals surface area (Å²) in [6.07, 6.45) is 4.02. The van der Waals surface area contributed by atoms with Gasteiger partial charge in [0, 0.05) is 31.7 Å². The van der Waals surface area contributed by atoms with Gasteiger partial charge in [-0.3, -0.25) is 4.90 Å². The minimum absolute atomic E-state index is 0. The molecule has 124 valence electrons. The molecular weight excluding hydrogens is 475 g/mol. The van der Waals surface area contributed by atoms with Gasteiger partial charge in [-0.1, -0.05) is 0 Å². The molecule has 0 radical (unpaired) electrons. The minimum Gasteiger partial charge on any atom is -0.357 e. The van der Waals surface area contributed by atoms with Crippen molar-refractivity contribution in [2.45, 2.75) is 44.8 Å². The first-order chi connectivity index (χ1) is 10.2. The van der Waals surface area contributed by atoms with Gasteiger partial charge in [-0.25, -0.2) is 4.99 Å². The van der Waals surface area contributed by atoms with Crippen LogP contribution in [0.1, 0.15) is 31.7 Å². The van der Waals surface area contributed by atoms with Gasteiger partial charge in [-0.05, 0) is 59.1 Å². The number of halogens is 2. The van der Waals surface area contributed by atoms with E-state index >= 15 is 0 Å². The largest absolute Gasteiger partial charge is 0.357 e. The summed E-state index contributed by atoms with van der Waals surface area (Å²) in [5, 5.41) is 9.11. The maximum Gasteiger partial charge on any atom is 0.191 e. The molecule has 1 unspecified atom stereocenters. The van der Waals surface area contributed by atoms with E-state index in [1.807, 2.05) is 0 Å². The number of hydrogen-bond donors (Lipinski definition) is 2. The predicted molar refractivity (Wildman–Crippen MR) is 108 cm³/mol. The standard InChI is InChI=1S/C15H23BrN4S.HI/c1-2-17-15(18-8-11-7-14(16)21-10-11)19-12-5-6-20(9-12)13-3-4-13;/h7,10,12-13H,2-6,8-9H2,1H3,(H2,17,18,19);1H. The fourth-order valence-corrected chi connectivity index (χ4v) is 3.99. The Morgan fingerprint density at radius 1 is 1.45 bits per heavy atom. The van der Waals surface area contributed by atoms with Crippen molar-refractivity contribution in [1.29, 1.82) is 0 Å². The van der Waals surface area contributed by atoms with Crippen LogP contribution in [0.5, 0.6) is 0 Å². The van der Waals surface area contributed by atoms with Crippen LogP contribution in [0.25, 0.3) is 0 Å². The fourth-order valence-electron chi connectivity index (χ4n) is 2.79. The van der Waals surface area contributed by atoms with Crippen LogP contribution in [0.15, 0.2) is 20.2 Å². The van der Waals surface area contributed by atoms with E-state index in [2.05, 4.69) is 49.8 Å². The van der Waals surface area contributed by atoms with Gasteiger partial charge in [0.1, 0.15) is 0 Å². The number of thiophene rings is 1. The molecule has 4 nitrogen and oxygen atoms in total. The summed E-state index contributed by atoms with van der Waals surface area (Å²) >= 11 is 5.21. The van der Waals surface area contributed by atoms with Crippen LogP contribution < -0.4 is 10.6 Å².